The van der Waals surface area contributed by atoms with Gasteiger partial charge in [0.15, 0.2) is 5.82 Å². The third-order valence-corrected chi connectivity index (χ3v) is 8.05. The van der Waals surface area contributed by atoms with E-state index < -0.39 is 35.6 Å². The van der Waals surface area contributed by atoms with Gasteiger partial charge in [0, 0.05) is 35.6 Å². The molecule has 3 amide bonds. The van der Waals surface area contributed by atoms with E-state index >= 15 is 0 Å². The van der Waals surface area contributed by atoms with Crippen molar-refractivity contribution in [3.63, 3.8) is 0 Å². The number of carbonyl (C=O) groups is 3. The van der Waals surface area contributed by atoms with E-state index in [1.807, 2.05) is 0 Å². The van der Waals surface area contributed by atoms with E-state index in [1.165, 1.54) is 19.4 Å². The van der Waals surface area contributed by atoms with Crippen LogP contribution in [0.15, 0.2) is 65.4 Å². The lowest BCUT2D eigenvalue weighted by Gasteiger charge is -2.38. The molecule has 0 aliphatic carbocycles. The van der Waals surface area contributed by atoms with Crippen molar-refractivity contribution in [2.45, 2.75) is 38.6 Å². The van der Waals surface area contributed by atoms with Crippen LogP contribution in [-0.4, -0.2) is 52.8 Å². The number of fused-ring (bicyclic) bond motifs is 2. The maximum atomic E-state index is 14.7. The predicted molar refractivity (Wildman–Crippen MR) is 155 cm³/mol. The minimum Gasteiger partial charge on any atom is -0.453 e. The lowest BCUT2D eigenvalue weighted by Crippen LogP contribution is -2.46. The van der Waals surface area contributed by atoms with E-state index in [1.54, 1.807) is 42.2 Å². The first-order chi connectivity index (χ1) is 20.6. The lowest BCUT2D eigenvalue weighted by molar-refractivity contribution is -0.129. The molecular formula is C31H29ClF2N4O5. The fourth-order valence-electron chi connectivity index (χ4n) is 5.46. The summed E-state index contributed by atoms with van der Waals surface area (Å²) in [6, 6.07) is 6.46. The van der Waals surface area contributed by atoms with Gasteiger partial charge in [-0.25, -0.2) is 23.6 Å². The molecule has 3 heterocycles. The van der Waals surface area contributed by atoms with Crippen molar-refractivity contribution in [1.82, 2.24) is 9.96 Å². The number of nitrogens with one attached hydrogen (secondary N) is 1. The summed E-state index contributed by atoms with van der Waals surface area (Å²) in [5.74, 6) is -2.99. The van der Waals surface area contributed by atoms with Crippen molar-refractivity contribution in [3.8, 4) is 0 Å². The summed E-state index contributed by atoms with van der Waals surface area (Å²) in [6.07, 6.45) is 6.87. The van der Waals surface area contributed by atoms with Crippen LogP contribution in [0.2, 0.25) is 5.02 Å². The number of halogens is 3. The molecule has 12 heteroatoms. The number of allylic oxidation sites excluding steroid dienone is 2. The summed E-state index contributed by atoms with van der Waals surface area (Å²) < 4.78 is 34.0. The number of hydroxylamine groups is 2. The molecular weight excluding hydrogens is 582 g/mol. The van der Waals surface area contributed by atoms with Gasteiger partial charge in [-0.2, -0.15) is 0 Å². The minimum atomic E-state index is -0.922. The number of ether oxygens (including phenoxy) is 1. The van der Waals surface area contributed by atoms with Crippen LogP contribution in [-0.2, 0) is 14.3 Å². The molecule has 43 heavy (non-hydrogen) atoms. The van der Waals surface area contributed by atoms with Gasteiger partial charge < -0.3 is 9.64 Å². The van der Waals surface area contributed by atoms with Crippen LogP contribution >= 0.6 is 11.6 Å². The zero-order chi connectivity index (χ0) is 30.8. The van der Waals surface area contributed by atoms with E-state index in [-0.39, 0.29) is 35.0 Å². The largest absolute Gasteiger partial charge is 0.453 e. The maximum absolute atomic E-state index is 14.7. The molecule has 2 aromatic carbocycles. The van der Waals surface area contributed by atoms with Gasteiger partial charge in [-0.3, -0.25) is 20.1 Å². The molecule has 3 aliphatic heterocycles. The Hall–Kier alpha value is -4.35. The molecule has 0 spiro atoms. The van der Waals surface area contributed by atoms with Gasteiger partial charge in [-0.05, 0) is 66.8 Å². The Balaban J connectivity index is 1.59. The Labute approximate surface area is 251 Å². The lowest BCUT2D eigenvalue weighted by atomic mass is 9.92. The highest BCUT2D eigenvalue weighted by Gasteiger charge is 2.33. The number of hydrogen-bond donors (Lipinski definition) is 2. The number of amides is 3. The Bertz CT molecular complexity index is 1720. The van der Waals surface area contributed by atoms with Crippen LogP contribution in [0.1, 0.15) is 38.2 Å². The Morgan fingerprint density at radius 3 is 2.70 bits per heavy atom. The Morgan fingerprint density at radius 2 is 1.95 bits per heavy atom. The number of benzene rings is 2. The monoisotopic (exact) mass is 610 g/mol. The molecule has 0 fully saturated rings. The molecule has 0 radical (unpaired) electrons. The van der Waals surface area contributed by atoms with Crippen LogP contribution in [0.4, 0.5) is 19.3 Å². The van der Waals surface area contributed by atoms with Crippen molar-refractivity contribution >= 4 is 46.3 Å². The Kier molecular flexibility index (Phi) is 8.74. The molecule has 2 bridgehead atoms. The third kappa shape index (κ3) is 6.23. The molecule has 2 aromatic rings. The molecule has 5 rings (SSSR count). The highest BCUT2D eigenvalue weighted by Crippen LogP contribution is 2.34. The van der Waals surface area contributed by atoms with Crippen molar-refractivity contribution in [2.75, 3.05) is 19.0 Å². The summed E-state index contributed by atoms with van der Waals surface area (Å²) in [7, 11) is 1.24. The second-order valence-electron chi connectivity index (χ2n) is 10.5. The topological polar surface area (TPSA) is 112 Å². The molecule has 224 valence electrons. The summed E-state index contributed by atoms with van der Waals surface area (Å²) in [6.45, 7) is 1.90. The second kappa shape index (κ2) is 12.5. The number of nitrogens with zero attached hydrogens (tertiary/aromatic N) is 3. The first-order valence-corrected chi connectivity index (χ1v) is 14.1. The average Bonchev–Trinajstić information content (AvgIpc) is 2.98. The van der Waals surface area contributed by atoms with E-state index in [2.05, 4.69) is 15.0 Å². The molecule has 0 saturated heterocycles. The average molecular weight is 611 g/mol. The number of methoxy groups -OCH3 is 1. The van der Waals surface area contributed by atoms with Gasteiger partial charge in [0.25, 0.3) is 0 Å². The third-order valence-electron chi connectivity index (χ3n) is 7.76. The number of rotatable bonds is 3. The zero-order valence-electron chi connectivity index (χ0n) is 23.4. The quantitative estimate of drug-likeness (QED) is 0.488. The molecule has 9 nitrogen and oxygen atoms in total. The summed E-state index contributed by atoms with van der Waals surface area (Å²) in [5.41, 5.74) is 1.27. The minimum absolute atomic E-state index is 0.133. The van der Waals surface area contributed by atoms with Crippen molar-refractivity contribution in [3.05, 3.63) is 93.3 Å². The molecule has 0 saturated carbocycles. The first-order valence-electron chi connectivity index (χ1n) is 13.7. The maximum Gasteiger partial charge on any atom is 0.411 e. The highest BCUT2D eigenvalue weighted by atomic mass is 35.5. The Morgan fingerprint density at radius 1 is 1.16 bits per heavy atom. The molecule has 0 aromatic heterocycles. The molecule has 2 N–H and O–H groups in total. The molecule has 3 aliphatic rings. The summed E-state index contributed by atoms with van der Waals surface area (Å²) in [4.78, 5) is 44.3. The van der Waals surface area contributed by atoms with Crippen molar-refractivity contribution in [1.29, 1.82) is 0 Å². The summed E-state index contributed by atoms with van der Waals surface area (Å²) >= 11 is 5.88. The SMILES string of the molecule is COC(=O)Nc1cc/c2c(c1)=NC(=O)[C@H](C)CCC[C@H](N1CCC(c3c(F)ccc(Cl)c3F)=CC1=O)C1=C\C=2C=CN1O. The van der Waals surface area contributed by atoms with Gasteiger partial charge in [0.2, 0.25) is 11.8 Å². The number of anilines is 1. The van der Waals surface area contributed by atoms with Crippen LogP contribution in [0.25, 0.3) is 11.1 Å². The van der Waals surface area contributed by atoms with Crippen molar-refractivity contribution < 1.29 is 33.1 Å². The van der Waals surface area contributed by atoms with Crippen LogP contribution in [0.3, 0.4) is 0 Å². The summed E-state index contributed by atoms with van der Waals surface area (Å²) in [5, 5.41) is 15.1. The van der Waals surface area contributed by atoms with E-state index in [0.717, 1.165) is 17.2 Å². The zero-order valence-corrected chi connectivity index (χ0v) is 24.2. The van der Waals surface area contributed by atoms with E-state index in [9.17, 15) is 28.4 Å². The smallest absolute Gasteiger partial charge is 0.411 e. The standard InChI is InChI=1S/C31H29ClF2N4O5/c1-17-4-3-5-25(37-12-10-19(15-27(37)39)28-23(33)9-8-22(32)29(28)34)26-14-18(11-13-38(26)42)21-7-6-20(35-31(41)43-2)16-24(21)36-30(17)40/h6-9,11,13-17,25,42H,3-5,10,12H2,1-2H3,(H,35,41)/b21-18-,36-24?/t17-,25+/m1/s1. The predicted octanol–water partition coefficient (Wildman–Crippen LogP) is 4.70. The van der Waals surface area contributed by atoms with E-state index in [0.29, 0.717) is 46.8 Å². The van der Waals surface area contributed by atoms with Crippen LogP contribution < -0.4 is 15.9 Å². The molecule has 0 unspecified atom stereocenters. The van der Waals surface area contributed by atoms with Gasteiger partial charge in [-0.1, -0.05) is 31.0 Å². The van der Waals surface area contributed by atoms with E-state index in [4.69, 9.17) is 11.6 Å². The van der Waals surface area contributed by atoms with Crippen LogP contribution in [0, 0.1) is 17.6 Å². The fourth-order valence-corrected chi connectivity index (χ4v) is 5.62. The van der Waals surface area contributed by atoms with Gasteiger partial charge in [0.05, 0.1) is 34.8 Å². The van der Waals surface area contributed by atoms with Gasteiger partial charge in [0.1, 0.15) is 5.82 Å². The highest BCUT2D eigenvalue weighted by molar-refractivity contribution is 6.31. The van der Waals surface area contributed by atoms with Gasteiger partial charge in [-0.15, -0.1) is 0 Å². The number of hydrogen-bond acceptors (Lipinski definition) is 6. The normalized spacial score (nSPS) is 22.0. The van der Waals surface area contributed by atoms with Gasteiger partial charge >= 0.3 is 6.09 Å². The van der Waals surface area contributed by atoms with Crippen molar-refractivity contribution in [2.24, 2.45) is 10.9 Å². The first kappa shape index (κ1) is 30.1. The molecule has 2 atom stereocenters. The number of carbonyl (C=O) groups excluding carboxylic acids is 3. The second-order valence-corrected chi connectivity index (χ2v) is 10.9. The van der Waals surface area contributed by atoms with Crippen LogP contribution in [0.5, 0.6) is 0 Å². The fraction of sp³-hybridized carbons (Fsp3) is 0.290.